The van der Waals surface area contributed by atoms with Crippen LogP contribution in [0.1, 0.15) is 42.1 Å². The maximum atomic E-state index is 12.3. The molecule has 1 aliphatic carbocycles. The maximum Gasteiger partial charge on any atom is 0.261 e. The van der Waals surface area contributed by atoms with E-state index in [-0.39, 0.29) is 26.9 Å². The average Bonchev–Trinajstić information content (AvgIpc) is 2.28. The van der Waals surface area contributed by atoms with Crippen LogP contribution < -0.4 is 5.32 Å². The zero-order valence-corrected chi connectivity index (χ0v) is 13.5. The Kier molecular flexibility index (Phi) is 4.06. The van der Waals surface area contributed by atoms with E-state index in [0.29, 0.717) is 5.56 Å². The Balaban J connectivity index is 2.41. The number of carbonyl (C=O) groups is 1. The summed E-state index contributed by atoms with van der Waals surface area (Å²) in [6, 6.07) is 2.71. The fraction of sp³-hybridized carbons (Fsp3) is 0.462. The van der Waals surface area contributed by atoms with Gasteiger partial charge in [0.15, 0.2) is 0 Å². The summed E-state index contributed by atoms with van der Waals surface area (Å²) in [6.07, 6.45) is 2.91. The molecule has 0 aliphatic heterocycles. The molecule has 0 aromatic heterocycles. The van der Waals surface area contributed by atoms with Gasteiger partial charge in [0.1, 0.15) is 0 Å². The van der Waals surface area contributed by atoms with Crippen molar-refractivity contribution >= 4 is 37.2 Å². The molecule has 0 unspecified atom stereocenters. The third-order valence-electron chi connectivity index (χ3n) is 3.70. The topological polar surface area (TPSA) is 63.2 Å². The number of benzene rings is 1. The molecule has 0 bridgehead atoms. The summed E-state index contributed by atoms with van der Waals surface area (Å²) in [5, 5.41) is 3.09. The second-order valence-electron chi connectivity index (χ2n) is 5.38. The largest absolute Gasteiger partial charge is 0.347 e. The van der Waals surface area contributed by atoms with Crippen molar-refractivity contribution in [3.8, 4) is 0 Å². The predicted octanol–water partition coefficient (Wildman–Crippen LogP) is 3.25. The zero-order chi connectivity index (χ0) is 15.1. The second-order valence-corrected chi connectivity index (χ2v) is 8.35. The van der Waals surface area contributed by atoms with Gasteiger partial charge >= 0.3 is 0 Å². The van der Waals surface area contributed by atoms with Crippen molar-refractivity contribution in [1.82, 2.24) is 5.32 Å². The highest BCUT2D eigenvalue weighted by Gasteiger charge is 2.34. The van der Waals surface area contributed by atoms with Gasteiger partial charge in [-0.1, -0.05) is 11.6 Å². The summed E-state index contributed by atoms with van der Waals surface area (Å²) in [7, 11) is 1.43. The number of rotatable bonds is 3. The lowest BCUT2D eigenvalue weighted by Gasteiger charge is -2.39. The van der Waals surface area contributed by atoms with Crippen molar-refractivity contribution in [2.45, 2.75) is 43.5 Å². The first-order valence-electron chi connectivity index (χ1n) is 6.20. The molecule has 7 heteroatoms. The standard InChI is InChI=1S/C13H15Cl2NO3S/c1-8-10(12(17)16-13(2)4-3-5-13)6-9(14)7-11(8)20(15,18)19/h6-7H,3-5H2,1-2H3,(H,16,17). The second kappa shape index (κ2) is 5.20. The van der Waals surface area contributed by atoms with Crippen LogP contribution in [0, 0.1) is 6.92 Å². The highest BCUT2D eigenvalue weighted by atomic mass is 35.7. The number of hydrogen-bond donors (Lipinski definition) is 1. The SMILES string of the molecule is Cc1c(C(=O)NC2(C)CCC2)cc(Cl)cc1S(=O)(=O)Cl. The number of hydrogen-bond acceptors (Lipinski definition) is 3. The van der Waals surface area contributed by atoms with Gasteiger partial charge < -0.3 is 5.32 Å². The molecule has 1 aromatic carbocycles. The average molecular weight is 336 g/mol. The van der Waals surface area contributed by atoms with Crippen LogP contribution in [0.2, 0.25) is 5.02 Å². The van der Waals surface area contributed by atoms with E-state index >= 15 is 0 Å². The highest BCUT2D eigenvalue weighted by molar-refractivity contribution is 8.13. The molecule has 1 N–H and O–H groups in total. The number of carbonyl (C=O) groups excluding carboxylic acids is 1. The van der Waals surface area contributed by atoms with Gasteiger partial charge in [-0.05, 0) is 50.8 Å². The van der Waals surface area contributed by atoms with Gasteiger partial charge in [0.25, 0.3) is 15.0 Å². The summed E-state index contributed by atoms with van der Waals surface area (Å²) in [5.41, 5.74) is 0.334. The van der Waals surface area contributed by atoms with Gasteiger partial charge in [-0.3, -0.25) is 4.79 Å². The van der Waals surface area contributed by atoms with Crippen molar-refractivity contribution in [2.75, 3.05) is 0 Å². The molecular formula is C13H15Cl2NO3S. The fourth-order valence-electron chi connectivity index (χ4n) is 2.32. The molecule has 2 rings (SSSR count). The summed E-state index contributed by atoms with van der Waals surface area (Å²) in [6.45, 7) is 3.51. The van der Waals surface area contributed by atoms with Crippen LogP contribution in [-0.2, 0) is 9.05 Å². The molecule has 1 amide bonds. The number of halogens is 2. The molecule has 0 atom stereocenters. The molecule has 20 heavy (non-hydrogen) atoms. The first kappa shape index (κ1) is 15.6. The zero-order valence-electron chi connectivity index (χ0n) is 11.2. The molecule has 1 aromatic rings. The van der Waals surface area contributed by atoms with Crippen LogP contribution in [0.15, 0.2) is 17.0 Å². The third-order valence-corrected chi connectivity index (χ3v) is 5.37. The molecular weight excluding hydrogens is 321 g/mol. The van der Waals surface area contributed by atoms with E-state index in [2.05, 4.69) is 5.32 Å². The van der Waals surface area contributed by atoms with Crippen molar-refractivity contribution in [1.29, 1.82) is 0 Å². The first-order valence-corrected chi connectivity index (χ1v) is 8.88. The molecule has 0 spiro atoms. The van der Waals surface area contributed by atoms with Gasteiger partial charge in [0.2, 0.25) is 0 Å². The van der Waals surface area contributed by atoms with E-state index < -0.39 is 9.05 Å². The minimum atomic E-state index is -3.94. The van der Waals surface area contributed by atoms with Crippen molar-refractivity contribution in [2.24, 2.45) is 0 Å². The monoisotopic (exact) mass is 335 g/mol. The van der Waals surface area contributed by atoms with Gasteiger partial charge in [0.05, 0.1) is 4.90 Å². The van der Waals surface area contributed by atoms with Crippen molar-refractivity contribution in [3.05, 3.63) is 28.3 Å². The van der Waals surface area contributed by atoms with Crippen LogP contribution in [0.3, 0.4) is 0 Å². The molecule has 4 nitrogen and oxygen atoms in total. The van der Waals surface area contributed by atoms with E-state index in [1.54, 1.807) is 6.92 Å². The van der Waals surface area contributed by atoms with Crippen LogP contribution >= 0.6 is 22.3 Å². The molecule has 1 saturated carbocycles. The Bertz CT molecular complexity index is 666. The predicted molar refractivity (Wildman–Crippen MR) is 79.0 cm³/mol. The van der Waals surface area contributed by atoms with Crippen LogP contribution in [0.4, 0.5) is 0 Å². The Morgan fingerprint density at radius 3 is 2.40 bits per heavy atom. The summed E-state index contributed by atoms with van der Waals surface area (Å²) < 4.78 is 23.0. The van der Waals surface area contributed by atoms with Gasteiger partial charge in [-0.15, -0.1) is 0 Å². The molecule has 1 fully saturated rings. The normalized spacial score (nSPS) is 17.4. The van der Waals surface area contributed by atoms with Gasteiger partial charge in [0, 0.05) is 26.8 Å². The van der Waals surface area contributed by atoms with E-state index in [9.17, 15) is 13.2 Å². The van der Waals surface area contributed by atoms with E-state index in [1.807, 2.05) is 6.92 Å². The molecule has 0 saturated heterocycles. The first-order chi connectivity index (χ1) is 9.12. The van der Waals surface area contributed by atoms with E-state index in [0.717, 1.165) is 19.3 Å². The van der Waals surface area contributed by atoms with Crippen molar-refractivity contribution in [3.63, 3.8) is 0 Å². The fourth-order valence-corrected chi connectivity index (χ4v) is 3.82. The molecule has 110 valence electrons. The summed E-state index contributed by atoms with van der Waals surface area (Å²) in [5.74, 6) is -0.325. The van der Waals surface area contributed by atoms with Crippen LogP contribution in [0.5, 0.6) is 0 Å². The van der Waals surface area contributed by atoms with E-state index in [4.69, 9.17) is 22.3 Å². The maximum absolute atomic E-state index is 12.3. The Morgan fingerprint density at radius 2 is 1.95 bits per heavy atom. The van der Waals surface area contributed by atoms with Gasteiger partial charge in [-0.25, -0.2) is 8.42 Å². The lowest BCUT2D eigenvalue weighted by atomic mass is 9.78. The van der Waals surface area contributed by atoms with Crippen LogP contribution in [0.25, 0.3) is 0 Å². The van der Waals surface area contributed by atoms with Crippen LogP contribution in [-0.4, -0.2) is 19.9 Å². The molecule has 0 heterocycles. The minimum absolute atomic E-state index is 0.129. The Morgan fingerprint density at radius 1 is 1.35 bits per heavy atom. The number of amides is 1. The lowest BCUT2D eigenvalue weighted by Crippen LogP contribution is -2.51. The van der Waals surface area contributed by atoms with E-state index in [1.165, 1.54) is 12.1 Å². The Hall–Kier alpha value is -0.780. The van der Waals surface area contributed by atoms with Gasteiger partial charge in [-0.2, -0.15) is 0 Å². The molecule has 0 radical (unpaired) electrons. The third kappa shape index (κ3) is 3.10. The summed E-state index contributed by atoms with van der Waals surface area (Å²) >= 11 is 5.89. The smallest absolute Gasteiger partial charge is 0.261 e. The Labute approximate surface area is 127 Å². The lowest BCUT2D eigenvalue weighted by molar-refractivity contribution is 0.0849. The minimum Gasteiger partial charge on any atom is -0.347 e. The number of nitrogens with one attached hydrogen (secondary N) is 1. The van der Waals surface area contributed by atoms with Crippen molar-refractivity contribution < 1.29 is 13.2 Å². The summed E-state index contributed by atoms with van der Waals surface area (Å²) in [4.78, 5) is 12.2. The molecule has 1 aliphatic rings. The highest BCUT2D eigenvalue weighted by Crippen LogP contribution is 2.32. The quantitative estimate of drug-likeness (QED) is 0.862.